The Morgan fingerprint density at radius 3 is 1.95 bits per heavy atom. The number of nitrogens with one attached hydrogen (secondary N) is 3. The second kappa shape index (κ2) is 5.51. The van der Waals surface area contributed by atoms with Crippen molar-refractivity contribution in [2.45, 2.75) is 25.8 Å². The van der Waals surface area contributed by atoms with E-state index in [-0.39, 0.29) is 11.9 Å². The molecular formula is C13H15N3O3. The fourth-order valence-corrected chi connectivity index (χ4v) is 1.51. The van der Waals surface area contributed by atoms with Gasteiger partial charge in [0.2, 0.25) is 5.91 Å². The summed E-state index contributed by atoms with van der Waals surface area (Å²) in [4.78, 5) is 33.8. The molecule has 0 saturated heterocycles. The van der Waals surface area contributed by atoms with Gasteiger partial charge < -0.3 is 16.0 Å². The molecular weight excluding hydrogens is 246 g/mol. The molecule has 0 bridgehead atoms. The summed E-state index contributed by atoms with van der Waals surface area (Å²) in [5.74, 6) is -1.46. The minimum absolute atomic E-state index is 0.153. The van der Waals surface area contributed by atoms with Crippen LogP contribution >= 0.6 is 0 Å². The van der Waals surface area contributed by atoms with Gasteiger partial charge in [-0.2, -0.15) is 0 Å². The van der Waals surface area contributed by atoms with E-state index < -0.39 is 11.8 Å². The molecule has 0 heterocycles. The molecule has 1 saturated carbocycles. The molecule has 0 radical (unpaired) electrons. The Morgan fingerprint density at radius 2 is 1.47 bits per heavy atom. The predicted octanol–water partition coefficient (Wildman–Crippen LogP) is 0.862. The third kappa shape index (κ3) is 4.09. The number of carbonyl (C=O) groups excluding carboxylic acids is 3. The lowest BCUT2D eigenvalue weighted by Gasteiger charge is -2.07. The van der Waals surface area contributed by atoms with Crippen LogP contribution in [-0.2, 0) is 14.4 Å². The second-order valence-electron chi connectivity index (χ2n) is 4.46. The van der Waals surface area contributed by atoms with Gasteiger partial charge in [0.25, 0.3) is 0 Å². The van der Waals surface area contributed by atoms with Crippen molar-refractivity contribution in [3.63, 3.8) is 0 Å². The highest BCUT2D eigenvalue weighted by Crippen LogP contribution is 2.18. The molecule has 1 aromatic rings. The molecule has 19 heavy (non-hydrogen) atoms. The number of rotatable bonds is 3. The lowest BCUT2D eigenvalue weighted by Crippen LogP contribution is -2.36. The summed E-state index contributed by atoms with van der Waals surface area (Å²) < 4.78 is 0. The van der Waals surface area contributed by atoms with Gasteiger partial charge in [0.1, 0.15) is 0 Å². The van der Waals surface area contributed by atoms with Gasteiger partial charge in [-0.25, -0.2) is 0 Å². The minimum Gasteiger partial charge on any atom is -0.345 e. The zero-order valence-corrected chi connectivity index (χ0v) is 10.5. The van der Waals surface area contributed by atoms with Crippen LogP contribution in [0.4, 0.5) is 11.4 Å². The van der Waals surface area contributed by atoms with Crippen molar-refractivity contribution in [2.75, 3.05) is 10.6 Å². The highest BCUT2D eigenvalue weighted by molar-refractivity contribution is 6.39. The lowest BCUT2D eigenvalue weighted by molar-refractivity contribution is -0.136. The fourth-order valence-electron chi connectivity index (χ4n) is 1.51. The predicted molar refractivity (Wildman–Crippen MR) is 70.5 cm³/mol. The normalized spacial score (nSPS) is 13.5. The molecule has 0 atom stereocenters. The van der Waals surface area contributed by atoms with E-state index in [0.29, 0.717) is 11.4 Å². The van der Waals surface area contributed by atoms with Crippen molar-refractivity contribution in [2.24, 2.45) is 0 Å². The number of carbonyl (C=O) groups is 3. The van der Waals surface area contributed by atoms with Crippen molar-refractivity contribution in [3.8, 4) is 0 Å². The van der Waals surface area contributed by atoms with Crippen molar-refractivity contribution < 1.29 is 14.4 Å². The molecule has 0 unspecified atom stereocenters. The molecule has 0 aliphatic heterocycles. The standard InChI is InChI=1S/C13H15N3O3/c1-8(17)14-9-2-4-10(5-3-9)15-12(18)13(19)16-11-6-7-11/h2-5,11H,6-7H2,1H3,(H,14,17)(H,15,18)(H,16,19). The van der Waals surface area contributed by atoms with Gasteiger partial charge in [-0.15, -0.1) is 0 Å². The number of hydrogen-bond donors (Lipinski definition) is 3. The summed E-state index contributed by atoms with van der Waals surface area (Å²) >= 11 is 0. The zero-order valence-electron chi connectivity index (χ0n) is 10.5. The molecule has 1 fully saturated rings. The molecule has 1 aliphatic rings. The maximum atomic E-state index is 11.5. The summed E-state index contributed by atoms with van der Waals surface area (Å²) in [7, 11) is 0. The van der Waals surface area contributed by atoms with Crippen LogP contribution in [0.2, 0.25) is 0 Å². The maximum absolute atomic E-state index is 11.5. The molecule has 0 spiro atoms. The molecule has 6 nitrogen and oxygen atoms in total. The van der Waals surface area contributed by atoms with Gasteiger partial charge in [-0.05, 0) is 37.1 Å². The SMILES string of the molecule is CC(=O)Nc1ccc(NC(=O)C(=O)NC2CC2)cc1. The smallest absolute Gasteiger partial charge is 0.313 e. The lowest BCUT2D eigenvalue weighted by atomic mass is 10.2. The Morgan fingerprint density at radius 1 is 0.947 bits per heavy atom. The molecule has 2 rings (SSSR count). The van der Waals surface area contributed by atoms with Crippen molar-refractivity contribution in [1.82, 2.24) is 5.32 Å². The van der Waals surface area contributed by atoms with Gasteiger partial charge in [0.15, 0.2) is 0 Å². The van der Waals surface area contributed by atoms with E-state index in [1.54, 1.807) is 24.3 Å². The minimum atomic E-state index is -0.681. The second-order valence-corrected chi connectivity index (χ2v) is 4.46. The average Bonchev–Trinajstić information content (AvgIpc) is 3.14. The number of anilines is 2. The third-order valence-corrected chi connectivity index (χ3v) is 2.58. The first kappa shape index (κ1) is 13.1. The summed E-state index contributed by atoms with van der Waals surface area (Å²) in [5.41, 5.74) is 1.14. The van der Waals surface area contributed by atoms with Crippen molar-refractivity contribution in [3.05, 3.63) is 24.3 Å². The Hall–Kier alpha value is -2.37. The largest absolute Gasteiger partial charge is 0.345 e. The van der Waals surface area contributed by atoms with E-state index in [1.165, 1.54) is 6.92 Å². The van der Waals surface area contributed by atoms with Crippen LogP contribution in [0.15, 0.2) is 24.3 Å². The molecule has 3 N–H and O–H groups in total. The number of amides is 3. The van der Waals surface area contributed by atoms with Crippen molar-refractivity contribution in [1.29, 1.82) is 0 Å². The van der Waals surface area contributed by atoms with Crippen LogP contribution < -0.4 is 16.0 Å². The Bertz CT molecular complexity index is 506. The van der Waals surface area contributed by atoms with Crippen LogP contribution in [0.25, 0.3) is 0 Å². The highest BCUT2D eigenvalue weighted by atomic mass is 16.2. The molecule has 1 aromatic carbocycles. The van der Waals surface area contributed by atoms with Crippen LogP contribution in [0.1, 0.15) is 19.8 Å². The summed E-state index contributed by atoms with van der Waals surface area (Å²) in [5, 5.41) is 7.71. The zero-order chi connectivity index (χ0) is 13.8. The Kier molecular flexibility index (Phi) is 3.79. The number of benzene rings is 1. The van der Waals surface area contributed by atoms with Gasteiger partial charge in [-0.3, -0.25) is 14.4 Å². The molecule has 6 heteroatoms. The van der Waals surface area contributed by atoms with Gasteiger partial charge in [-0.1, -0.05) is 0 Å². The average molecular weight is 261 g/mol. The summed E-state index contributed by atoms with van der Waals surface area (Å²) in [6.45, 7) is 1.41. The van der Waals surface area contributed by atoms with E-state index in [1.807, 2.05) is 0 Å². The fraction of sp³-hybridized carbons (Fsp3) is 0.308. The highest BCUT2D eigenvalue weighted by Gasteiger charge is 2.26. The van der Waals surface area contributed by atoms with E-state index in [2.05, 4.69) is 16.0 Å². The van der Waals surface area contributed by atoms with Gasteiger partial charge in [0.05, 0.1) is 0 Å². The Balaban J connectivity index is 1.89. The van der Waals surface area contributed by atoms with Crippen LogP contribution in [-0.4, -0.2) is 23.8 Å². The molecule has 100 valence electrons. The molecule has 1 aliphatic carbocycles. The first-order valence-corrected chi connectivity index (χ1v) is 6.04. The van der Waals surface area contributed by atoms with Gasteiger partial charge in [0, 0.05) is 24.3 Å². The number of hydrogen-bond acceptors (Lipinski definition) is 3. The maximum Gasteiger partial charge on any atom is 0.313 e. The van der Waals surface area contributed by atoms with E-state index in [0.717, 1.165) is 12.8 Å². The quantitative estimate of drug-likeness (QED) is 0.705. The van der Waals surface area contributed by atoms with E-state index in [4.69, 9.17) is 0 Å². The monoisotopic (exact) mass is 261 g/mol. The third-order valence-electron chi connectivity index (χ3n) is 2.58. The van der Waals surface area contributed by atoms with Crippen LogP contribution in [0.3, 0.4) is 0 Å². The summed E-state index contributed by atoms with van der Waals surface area (Å²) in [6.07, 6.45) is 1.87. The van der Waals surface area contributed by atoms with Gasteiger partial charge >= 0.3 is 11.8 Å². The molecule has 0 aromatic heterocycles. The van der Waals surface area contributed by atoms with E-state index >= 15 is 0 Å². The molecule has 3 amide bonds. The van der Waals surface area contributed by atoms with E-state index in [9.17, 15) is 14.4 Å². The Labute approximate surface area is 110 Å². The van der Waals surface area contributed by atoms with Crippen LogP contribution in [0, 0.1) is 0 Å². The first-order valence-electron chi connectivity index (χ1n) is 6.04. The van der Waals surface area contributed by atoms with Crippen LogP contribution in [0.5, 0.6) is 0 Å². The summed E-state index contributed by atoms with van der Waals surface area (Å²) in [6, 6.07) is 6.69. The first-order chi connectivity index (χ1) is 9.04. The van der Waals surface area contributed by atoms with Crippen molar-refractivity contribution >= 4 is 29.1 Å². The topological polar surface area (TPSA) is 87.3 Å².